The highest BCUT2D eigenvalue weighted by molar-refractivity contribution is 7.89. The molecule has 1 heterocycles. The second-order valence-corrected chi connectivity index (χ2v) is 8.62. The fourth-order valence-electron chi connectivity index (χ4n) is 3.18. The van der Waals surface area contributed by atoms with Crippen LogP contribution in [0.5, 0.6) is 5.75 Å². The van der Waals surface area contributed by atoms with Gasteiger partial charge in [0.05, 0.1) is 24.1 Å². The molecular weight excluding hydrogens is 383 g/mol. The van der Waals surface area contributed by atoms with Crippen molar-refractivity contribution < 1.29 is 22.3 Å². The zero-order valence-electron chi connectivity index (χ0n) is 15.7. The predicted molar refractivity (Wildman–Crippen MR) is 104 cm³/mol. The molecule has 2 aromatic carbocycles. The summed E-state index contributed by atoms with van der Waals surface area (Å²) in [6.45, 7) is 1.00. The van der Waals surface area contributed by atoms with Crippen molar-refractivity contribution in [3.63, 3.8) is 0 Å². The number of carbonyl (C=O) groups is 1. The fourth-order valence-corrected chi connectivity index (χ4v) is 4.73. The second kappa shape index (κ2) is 8.70. The van der Waals surface area contributed by atoms with Gasteiger partial charge in [0.2, 0.25) is 15.9 Å². The Morgan fingerprint density at radius 3 is 2.43 bits per heavy atom. The van der Waals surface area contributed by atoms with Crippen LogP contribution in [0.4, 0.5) is 10.1 Å². The van der Waals surface area contributed by atoms with E-state index in [-0.39, 0.29) is 28.7 Å². The lowest BCUT2D eigenvalue weighted by molar-refractivity contribution is -0.115. The van der Waals surface area contributed by atoms with Crippen LogP contribution < -0.4 is 10.1 Å². The maximum atomic E-state index is 13.0. The molecule has 28 heavy (non-hydrogen) atoms. The first-order valence-electron chi connectivity index (χ1n) is 9.12. The van der Waals surface area contributed by atoms with E-state index >= 15 is 0 Å². The van der Waals surface area contributed by atoms with E-state index in [9.17, 15) is 17.6 Å². The summed E-state index contributed by atoms with van der Waals surface area (Å²) >= 11 is 0. The van der Waals surface area contributed by atoms with E-state index in [1.54, 1.807) is 0 Å². The van der Waals surface area contributed by atoms with Gasteiger partial charge in [-0.05, 0) is 48.7 Å². The monoisotopic (exact) mass is 406 g/mol. The van der Waals surface area contributed by atoms with Gasteiger partial charge in [0.25, 0.3) is 0 Å². The minimum absolute atomic E-state index is 0.0343. The lowest BCUT2D eigenvalue weighted by Crippen LogP contribution is -2.35. The number of carbonyl (C=O) groups excluding carboxylic acids is 1. The van der Waals surface area contributed by atoms with Gasteiger partial charge in [0.15, 0.2) is 0 Å². The Bertz CT molecular complexity index is 939. The molecule has 0 spiro atoms. The Kier molecular flexibility index (Phi) is 6.31. The Morgan fingerprint density at radius 1 is 1.11 bits per heavy atom. The third-order valence-corrected chi connectivity index (χ3v) is 6.57. The number of benzene rings is 2. The number of anilines is 1. The quantitative estimate of drug-likeness (QED) is 0.799. The molecule has 0 bridgehead atoms. The molecular formula is C20H23FN2O4S. The number of hydrogen-bond acceptors (Lipinski definition) is 4. The van der Waals surface area contributed by atoms with Gasteiger partial charge in [-0.15, -0.1) is 0 Å². The molecule has 150 valence electrons. The third kappa shape index (κ3) is 4.69. The van der Waals surface area contributed by atoms with Crippen LogP contribution in [0.15, 0.2) is 47.4 Å². The molecule has 1 aliphatic heterocycles. The second-order valence-electron chi connectivity index (χ2n) is 6.68. The summed E-state index contributed by atoms with van der Waals surface area (Å²) in [6, 6.07) is 10.1. The fraction of sp³-hybridized carbons (Fsp3) is 0.350. The van der Waals surface area contributed by atoms with Crippen LogP contribution in [-0.2, 0) is 21.2 Å². The molecule has 6 nitrogen and oxygen atoms in total. The van der Waals surface area contributed by atoms with Gasteiger partial charge >= 0.3 is 0 Å². The summed E-state index contributed by atoms with van der Waals surface area (Å²) in [4.78, 5) is 12.5. The maximum absolute atomic E-state index is 13.0. The maximum Gasteiger partial charge on any atom is 0.243 e. The van der Waals surface area contributed by atoms with Gasteiger partial charge in [-0.3, -0.25) is 4.79 Å². The molecule has 1 saturated heterocycles. The molecule has 0 atom stereocenters. The van der Waals surface area contributed by atoms with Gasteiger partial charge < -0.3 is 10.1 Å². The van der Waals surface area contributed by atoms with Crippen molar-refractivity contribution in [3.05, 3.63) is 53.8 Å². The number of ether oxygens (including phenoxy) is 1. The summed E-state index contributed by atoms with van der Waals surface area (Å²) < 4.78 is 45.5. The van der Waals surface area contributed by atoms with Crippen LogP contribution in [0.2, 0.25) is 0 Å². The highest BCUT2D eigenvalue weighted by atomic mass is 32.2. The molecule has 8 heteroatoms. The van der Waals surface area contributed by atoms with Gasteiger partial charge in [-0.2, -0.15) is 4.31 Å². The van der Waals surface area contributed by atoms with Crippen LogP contribution in [0.1, 0.15) is 24.8 Å². The first kappa shape index (κ1) is 20.3. The van der Waals surface area contributed by atoms with Crippen molar-refractivity contribution in [1.29, 1.82) is 0 Å². The zero-order valence-corrected chi connectivity index (χ0v) is 16.5. The van der Waals surface area contributed by atoms with Gasteiger partial charge in [-0.1, -0.05) is 18.6 Å². The number of halogens is 1. The molecule has 3 rings (SSSR count). The van der Waals surface area contributed by atoms with E-state index in [1.165, 1.54) is 53.9 Å². The molecule has 0 saturated carbocycles. The normalized spacial score (nSPS) is 15.2. The van der Waals surface area contributed by atoms with Gasteiger partial charge in [-0.25, -0.2) is 12.8 Å². The summed E-state index contributed by atoms with van der Waals surface area (Å²) in [5.74, 6) is -0.357. The van der Waals surface area contributed by atoms with E-state index in [1.807, 2.05) is 0 Å². The van der Waals surface area contributed by atoms with Crippen molar-refractivity contribution >= 4 is 21.6 Å². The van der Waals surface area contributed by atoms with Crippen molar-refractivity contribution in [2.45, 2.75) is 30.6 Å². The summed E-state index contributed by atoms with van der Waals surface area (Å²) in [6.07, 6.45) is 2.75. The average molecular weight is 406 g/mol. The highest BCUT2D eigenvalue weighted by Gasteiger charge is 2.27. The van der Waals surface area contributed by atoms with E-state index in [4.69, 9.17) is 4.74 Å². The van der Waals surface area contributed by atoms with E-state index in [0.29, 0.717) is 24.4 Å². The molecule has 1 aliphatic rings. The number of nitrogens with one attached hydrogen (secondary N) is 1. The topological polar surface area (TPSA) is 75.7 Å². The van der Waals surface area contributed by atoms with Gasteiger partial charge in [0.1, 0.15) is 11.6 Å². The summed E-state index contributed by atoms with van der Waals surface area (Å²) in [7, 11) is -2.18. The minimum atomic E-state index is -3.62. The predicted octanol–water partition coefficient (Wildman–Crippen LogP) is 3.19. The Labute approximate surface area is 164 Å². The smallest absolute Gasteiger partial charge is 0.243 e. The molecule has 0 aromatic heterocycles. The average Bonchev–Trinajstić information content (AvgIpc) is 2.70. The first-order valence-corrected chi connectivity index (χ1v) is 10.6. The van der Waals surface area contributed by atoms with Crippen molar-refractivity contribution in [2.75, 3.05) is 25.5 Å². The number of nitrogens with zero attached hydrogens (tertiary/aromatic N) is 1. The summed E-state index contributed by atoms with van der Waals surface area (Å²) in [5, 5.41) is 2.70. The minimum Gasteiger partial charge on any atom is -0.495 e. The number of methoxy groups -OCH3 is 1. The van der Waals surface area contributed by atoms with Crippen LogP contribution in [0.25, 0.3) is 0 Å². The Balaban J connectivity index is 1.80. The number of sulfonamides is 1. The largest absolute Gasteiger partial charge is 0.495 e. The molecule has 0 aliphatic carbocycles. The number of rotatable bonds is 6. The molecule has 0 unspecified atom stereocenters. The molecule has 1 fully saturated rings. The third-order valence-electron chi connectivity index (χ3n) is 4.68. The number of piperidine rings is 1. The van der Waals surface area contributed by atoms with Crippen molar-refractivity contribution in [3.8, 4) is 5.75 Å². The number of hydrogen-bond donors (Lipinski definition) is 1. The molecule has 1 N–H and O–H groups in total. The van der Waals surface area contributed by atoms with E-state index < -0.39 is 10.0 Å². The lowest BCUT2D eigenvalue weighted by atomic mass is 10.1. The highest BCUT2D eigenvalue weighted by Crippen LogP contribution is 2.30. The summed E-state index contributed by atoms with van der Waals surface area (Å²) in [5.41, 5.74) is 0.933. The van der Waals surface area contributed by atoms with Crippen LogP contribution in [0, 0.1) is 5.82 Å². The molecule has 2 aromatic rings. The SMILES string of the molecule is COc1ccc(S(=O)(=O)N2CCCCC2)cc1NC(=O)Cc1ccc(F)cc1. The van der Waals surface area contributed by atoms with Crippen LogP contribution in [0.3, 0.4) is 0 Å². The van der Waals surface area contributed by atoms with Gasteiger partial charge in [0, 0.05) is 13.1 Å². The lowest BCUT2D eigenvalue weighted by Gasteiger charge is -2.26. The van der Waals surface area contributed by atoms with Crippen molar-refractivity contribution in [2.24, 2.45) is 0 Å². The Morgan fingerprint density at radius 2 is 1.79 bits per heavy atom. The molecule has 1 amide bonds. The van der Waals surface area contributed by atoms with E-state index in [0.717, 1.165) is 19.3 Å². The van der Waals surface area contributed by atoms with Crippen molar-refractivity contribution in [1.82, 2.24) is 4.31 Å². The first-order chi connectivity index (χ1) is 13.4. The standard InChI is InChI=1S/C20H23FN2O4S/c1-27-19-10-9-17(28(25,26)23-11-3-2-4-12-23)14-18(19)22-20(24)13-15-5-7-16(21)8-6-15/h5-10,14H,2-4,11-13H2,1H3,(H,22,24). The van der Waals surface area contributed by atoms with Crippen LogP contribution in [-0.4, -0.2) is 38.8 Å². The number of amides is 1. The van der Waals surface area contributed by atoms with Crippen LogP contribution >= 0.6 is 0 Å². The van der Waals surface area contributed by atoms with E-state index in [2.05, 4.69) is 5.32 Å². The Hall–Kier alpha value is -2.45. The zero-order chi connectivity index (χ0) is 20.1. The molecule has 0 radical (unpaired) electrons.